The molecular weight excluding hydrogens is 300 g/mol. The number of rotatable bonds is 6. The molecule has 5 nitrogen and oxygen atoms in total. The Morgan fingerprint density at radius 1 is 1.00 bits per heavy atom. The van der Waals surface area contributed by atoms with Crippen LogP contribution in [0.2, 0.25) is 0 Å². The maximum absolute atomic E-state index is 11.9. The lowest BCUT2D eigenvalue weighted by atomic mass is 10.2. The van der Waals surface area contributed by atoms with Gasteiger partial charge >= 0.3 is 0 Å². The molecule has 116 valence electrons. The van der Waals surface area contributed by atoms with Gasteiger partial charge in [-0.2, -0.15) is 0 Å². The zero-order valence-corrected chi connectivity index (χ0v) is 13.1. The van der Waals surface area contributed by atoms with E-state index in [1.54, 1.807) is 43.3 Å². The second kappa shape index (κ2) is 7.20. The van der Waals surface area contributed by atoms with Gasteiger partial charge in [-0.15, -0.1) is 0 Å². The monoisotopic (exact) mass is 318 g/mol. The summed E-state index contributed by atoms with van der Waals surface area (Å²) in [7, 11) is -3.44. The smallest absolute Gasteiger partial charge is 0.251 e. The highest BCUT2D eigenvalue weighted by Crippen LogP contribution is 2.10. The lowest BCUT2D eigenvalue weighted by molar-refractivity contribution is 0.0951. The van der Waals surface area contributed by atoms with Gasteiger partial charge in [0.2, 0.25) is 10.0 Å². The molecule has 0 bridgehead atoms. The molecule has 0 radical (unpaired) electrons. The highest BCUT2D eigenvalue weighted by molar-refractivity contribution is 7.89. The van der Waals surface area contributed by atoms with Crippen LogP contribution in [0.5, 0.6) is 0 Å². The summed E-state index contributed by atoms with van der Waals surface area (Å²) in [5.74, 6) is -0.162. The zero-order valence-electron chi connectivity index (χ0n) is 12.2. The van der Waals surface area contributed by atoms with Gasteiger partial charge in [-0.3, -0.25) is 4.79 Å². The van der Waals surface area contributed by atoms with E-state index in [1.165, 1.54) is 12.1 Å². The summed E-state index contributed by atoms with van der Waals surface area (Å²) in [5, 5.41) is 2.79. The average Bonchev–Trinajstić information content (AvgIpc) is 2.54. The van der Waals surface area contributed by atoms with Crippen molar-refractivity contribution >= 4 is 15.9 Å². The van der Waals surface area contributed by atoms with Crippen LogP contribution in [0.15, 0.2) is 59.5 Å². The predicted octanol–water partition coefficient (Wildman–Crippen LogP) is 1.91. The average molecular weight is 318 g/mol. The van der Waals surface area contributed by atoms with Crippen LogP contribution in [0.3, 0.4) is 0 Å². The van der Waals surface area contributed by atoms with E-state index in [0.29, 0.717) is 18.7 Å². The number of carbonyl (C=O) groups is 1. The molecule has 22 heavy (non-hydrogen) atoms. The van der Waals surface area contributed by atoms with Gasteiger partial charge in [0, 0.05) is 18.7 Å². The van der Waals surface area contributed by atoms with Crippen LogP contribution in [0, 0.1) is 0 Å². The number of benzene rings is 2. The SMILES string of the molecule is CCNS(=O)(=O)c1ccc(CNC(=O)c2ccccc2)cc1. The molecule has 1 amide bonds. The van der Waals surface area contributed by atoms with Gasteiger partial charge in [-0.25, -0.2) is 13.1 Å². The number of carbonyl (C=O) groups excluding carboxylic acids is 1. The van der Waals surface area contributed by atoms with E-state index in [9.17, 15) is 13.2 Å². The van der Waals surface area contributed by atoms with Crippen molar-refractivity contribution in [2.45, 2.75) is 18.4 Å². The van der Waals surface area contributed by atoms with Crippen LogP contribution in [-0.2, 0) is 16.6 Å². The van der Waals surface area contributed by atoms with Gasteiger partial charge in [0.15, 0.2) is 0 Å². The van der Waals surface area contributed by atoms with Crippen LogP contribution >= 0.6 is 0 Å². The van der Waals surface area contributed by atoms with E-state index in [0.717, 1.165) is 5.56 Å². The first-order valence-electron chi connectivity index (χ1n) is 6.95. The molecule has 0 aromatic heterocycles. The Labute approximate surface area is 130 Å². The zero-order chi connectivity index (χ0) is 16.0. The summed E-state index contributed by atoms with van der Waals surface area (Å²) in [5.41, 5.74) is 1.42. The Hall–Kier alpha value is -2.18. The Kier molecular flexibility index (Phi) is 5.30. The summed E-state index contributed by atoms with van der Waals surface area (Å²) in [6, 6.07) is 15.4. The molecular formula is C16H18N2O3S. The molecule has 0 heterocycles. The third-order valence-corrected chi connectivity index (χ3v) is 4.62. The molecule has 0 fully saturated rings. The normalized spacial score (nSPS) is 11.1. The second-order valence-electron chi connectivity index (χ2n) is 4.69. The Morgan fingerprint density at radius 3 is 2.23 bits per heavy atom. The standard InChI is InChI=1S/C16H18N2O3S/c1-2-18-22(20,21)15-10-8-13(9-11-15)12-17-16(19)14-6-4-3-5-7-14/h3-11,18H,2,12H2,1H3,(H,17,19). The van der Waals surface area contributed by atoms with E-state index < -0.39 is 10.0 Å². The fourth-order valence-corrected chi connectivity index (χ4v) is 2.97. The van der Waals surface area contributed by atoms with E-state index in [4.69, 9.17) is 0 Å². The molecule has 0 spiro atoms. The van der Waals surface area contributed by atoms with Crippen molar-refractivity contribution in [3.8, 4) is 0 Å². The van der Waals surface area contributed by atoms with Crippen molar-refractivity contribution in [3.05, 3.63) is 65.7 Å². The van der Waals surface area contributed by atoms with E-state index in [1.807, 2.05) is 6.07 Å². The highest BCUT2D eigenvalue weighted by Gasteiger charge is 2.12. The van der Waals surface area contributed by atoms with Gasteiger partial charge in [0.25, 0.3) is 5.91 Å². The minimum Gasteiger partial charge on any atom is -0.348 e. The van der Waals surface area contributed by atoms with Crippen LogP contribution in [-0.4, -0.2) is 20.9 Å². The number of hydrogen-bond donors (Lipinski definition) is 2. The molecule has 2 N–H and O–H groups in total. The summed E-state index contributed by atoms with van der Waals surface area (Å²) in [4.78, 5) is 12.1. The molecule has 2 aromatic rings. The van der Waals surface area contributed by atoms with Crippen molar-refractivity contribution in [1.82, 2.24) is 10.0 Å². The van der Waals surface area contributed by atoms with Gasteiger partial charge in [0.1, 0.15) is 0 Å². The third-order valence-electron chi connectivity index (χ3n) is 3.06. The first-order valence-corrected chi connectivity index (χ1v) is 8.43. The number of sulfonamides is 1. The molecule has 2 rings (SSSR count). The largest absolute Gasteiger partial charge is 0.348 e. The molecule has 0 aliphatic carbocycles. The highest BCUT2D eigenvalue weighted by atomic mass is 32.2. The molecule has 2 aromatic carbocycles. The van der Waals surface area contributed by atoms with Gasteiger partial charge in [-0.05, 0) is 29.8 Å². The molecule has 0 saturated carbocycles. The summed E-state index contributed by atoms with van der Waals surface area (Å²) in [6.45, 7) is 2.41. The molecule has 0 saturated heterocycles. The van der Waals surface area contributed by atoms with E-state index >= 15 is 0 Å². The van der Waals surface area contributed by atoms with Crippen molar-refractivity contribution in [3.63, 3.8) is 0 Å². The second-order valence-corrected chi connectivity index (χ2v) is 6.46. The molecule has 6 heteroatoms. The summed E-state index contributed by atoms with van der Waals surface area (Å²) >= 11 is 0. The Morgan fingerprint density at radius 2 is 1.64 bits per heavy atom. The van der Waals surface area contributed by atoms with Gasteiger partial charge in [0.05, 0.1) is 4.90 Å². The third kappa shape index (κ3) is 4.16. The first-order chi connectivity index (χ1) is 10.5. The lowest BCUT2D eigenvalue weighted by Crippen LogP contribution is -2.24. The maximum atomic E-state index is 11.9. The molecule has 0 atom stereocenters. The predicted molar refractivity (Wildman–Crippen MR) is 84.9 cm³/mol. The quantitative estimate of drug-likeness (QED) is 0.854. The van der Waals surface area contributed by atoms with Crippen molar-refractivity contribution in [2.24, 2.45) is 0 Å². The van der Waals surface area contributed by atoms with Crippen molar-refractivity contribution < 1.29 is 13.2 Å². The van der Waals surface area contributed by atoms with Crippen LogP contribution < -0.4 is 10.0 Å². The van der Waals surface area contributed by atoms with E-state index in [2.05, 4.69) is 10.0 Å². The molecule has 0 aliphatic rings. The van der Waals surface area contributed by atoms with Gasteiger partial charge < -0.3 is 5.32 Å². The minimum atomic E-state index is -3.44. The molecule has 0 aliphatic heterocycles. The minimum absolute atomic E-state index is 0.162. The van der Waals surface area contributed by atoms with Crippen LogP contribution in [0.25, 0.3) is 0 Å². The fourth-order valence-electron chi connectivity index (χ4n) is 1.93. The maximum Gasteiger partial charge on any atom is 0.251 e. The Balaban J connectivity index is 1.99. The van der Waals surface area contributed by atoms with Crippen LogP contribution in [0.1, 0.15) is 22.8 Å². The van der Waals surface area contributed by atoms with E-state index in [-0.39, 0.29) is 10.8 Å². The summed E-state index contributed by atoms with van der Waals surface area (Å²) < 4.78 is 26.1. The van der Waals surface area contributed by atoms with Crippen LogP contribution in [0.4, 0.5) is 0 Å². The number of amides is 1. The number of nitrogens with one attached hydrogen (secondary N) is 2. The first kappa shape index (κ1) is 16.2. The van der Waals surface area contributed by atoms with Crippen molar-refractivity contribution in [1.29, 1.82) is 0 Å². The molecule has 0 unspecified atom stereocenters. The summed E-state index contributed by atoms with van der Waals surface area (Å²) in [6.07, 6.45) is 0. The van der Waals surface area contributed by atoms with Gasteiger partial charge in [-0.1, -0.05) is 37.3 Å². The Bertz CT molecular complexity index is 726. The number of hydrogen-bond acceptors (Lipinski definition) is 3. The fraction of sp³-hybridized carbons (Fsp3) is 0.188. The lowest BCUT2D eigenvalue weighted by Gasteiger charge is -2.07. The topological polar surface area (TPSA) is 75.3 Å². The van der Waals surface area contributed by atoms with Crippen molar-refractivity contribution in [2.75, 3.05) is 6.54 Å².